The average Bonchev–Trinajstić information content (AvgIpc) is 2.66. The number of rotatable bonds is 6. The van der Waals surface area contributed by atoms with Gasteiger partial charge in [0.1, 0.15) is 6.61 Å². The van der Waals surface area contributed by atoms with Crippen LogP contribution in [-0.2, 0) is 4.79 Å². The van der Waals surface area contributed by atoms with E-state index in [4.69, 9.17) is 9.47 Å². The number of fused-ring (bicyclic) bond motifs is 1. The normalized spacial score (nSPS) is 23.8. The number of likely N-dealkylation sites (N-methyl/N-ethyl adjacent to an activating group) is 1. The van der Waals surface area contributed by atoms with E-state index in [2.05, 4.69) is 12.2 Å². The molecule has 5 nitrogen and oxygen atoms in total. The smallest absolute Gasteiger partial charge is 0.222 e. The van der Waals surface area contributed by atoms with Crippen LogP contribution in [0.2, 0.25) is 0 Å². The lowest BCUT2D eigenvalue weighted by Crippen LogP contribution is -2.44. The minimum Gasteiger partial charge on any atom is -0.486 e. The third-order valence-electron chi connectivity index (χ3n) is 5.36. The van der Waals surface area contributed by atoms with E-state index in [0.29, 0.717) is 38.0 Å². The molecule has 0 bridgehead atoms. The first-order valence-corrected chi connectivity index (χ1v) is 9.54. The largest absolute Gasteiger partial charge is 0.486 e. The number of carbonyl (C=O) groups excluding carboxylic acids is 1. The van der Waals surface area contributed by atoms with E-state index in [1.807, 2.05) is 36.1 Å². The van der Waals surface area contributed by atoms with Crippen LogP contribution in [0, 0.1) is 11.8 Å². The molecule has 5 heteroatoms. The Hall–Kier alpha value is -1.75. The number of nitrogens with zero attached hydrogens (tertiary/aromatic N) is 1. The Labute approximate surface area is 150 Å². The van der Waals surface area contributed by atoms with Gasteiger partial charge in [-0.3, -0.25) is 4.79 Å². The van der Waals surface area contributed by atoms with Crippen LogP contribution >= 0.6 is 0 Å². The third kappa shape index (κ3) is 4.66. The number of hydrogen-bond acceptors (Lipinski definition) is 4. The molecule has 1 fully saturated rings. The summed E-state index contributed by atoms with van der Waals surface area (Å²) in [5.41, 5.74) is 0. The Morgan fingerprint density at radius 1 is 1.36 bits per heavy atom. The van der Waals surface area contributed by atoms with Crippen LogP contribution in [0.4, 0.5) is 0 Å². The highest BCUT2D eigenvalue weighted by atomic mass is 16.6. The van der Waals surface area contributed by atoms with Crippen LogP contribution in [-0.4, -0.2) is 49.7 Å². The highest BCUT2D eigenvalue weighted by Crippen LogP contribution is 2.31. The molecule has 1 amide bonds. The molecule has 0 aliphatic carbocycles. The maximum Gasteiger partial charge on any atom is 0.222 e. The predicted molar refractivity (Wildman–Crippen MR) is 98.0 cm³/mol. The van der Waals surface area contributed by atoms with Crippen LogP contribution in [0.5, 0.6) is 11.5 Å². The topological polar surface area (TPSA) is 50.8 Å². The van der Waals surface area contributed by atoms with Crippen molar-refractivity contribution in [2.45, 2.75) is 39.2 Å². The quantitative estimate of drug-likeness (QED) is 0.860. The first kappa shape index (κ1) is 18.1. The van der Waals surface area contributed by atoms with Crippen molar-refractivity contribution in [3.8, 4) is 11.5 Å². The summed E-state index contributed by atoms with van der Waals surface area (Å²) in [4.78, 5) is 14.7. The van der Waals surface area contributed by atoms with Gasteiger partial charge in [-0.25, -0.2) is 0 Å². The Kier molecular flexibility index (Phi) is 6.19. The summed E-state index contributed by atoms with van der Waals surface area (Å²) in [6, 6.07) is 7.70. The van der Waals surface area contributed by atoms with Crippen molar-refractivity contribution in [3.63, 3.8) is 0 Å². The zero-order valence-electron chi connectivity index (χ0n) is 15.4. The summed E-state index contributed by atoms with van der Waals surface area (Å²) in [5, 5.41) is 3.45. The van der Waals surface area contributed by atoms with Gasteiger partial charge in [-0.15, -0.1) is 0 Å². The van der Waals surface area contributed by atoms with E-state index >= 15 is 0 Å². The molecular weight excluding hydrogens is 316 g/mol. The third-order valence-corrected chi connectivity index (χ3v) is 5.36. The van der Waals surface area contributed by atoms with Crippen molar-refractivity contribution >= 4 is 5.91 Å². The van der Waals surface area contributed by atoms with Crippen molar-refractivity contribution < 1.29 is 14.3 Å². The van der Waals surface area contributed by atoms with Gasteiger partial charge >= 0.3 is 0 Å². The van der Waals surface area contributed by atoms with Crippen LogP contribution in [0.3, 0.4) is 0 Å². The fourth-order valence-electron chi connectivity index (χ4n) is 3.74. The number of nitrogens with one attached hydrogen (secondary N) is 1. The van der Waals surface area contributed by atoms with Gasteiger partial charge in [0.05, 0.1) is 6.54 Å². The number of ether oxygens (including phenoxy) is 2. The van der Waals surface area contributed by atoms with Crippen molar-refractivity contribution in [3.05, 3.63) is 24.3 Å². The second-order valence-corrected chi connectivity index (χ2v) is 7.22. The second-order valence-electron chi connectivity index (χ2n) is 7.22. The lowest BCUT2D eigenvalue weighted by Gasteiger charge is -2.33. The van der Waals surface area contributed by atoms with Gasteiger partial charge in [-0.2, -0.15) is 0 Å². The molecular formula is C20H30N2O3. The van der Waals surface area contributed by atoms with Gasteiger partial charge in [-0.05, 0) is 56.8 Å². The molecule has 0 aromatic heterocycles. The summed E-state index contributed by atoms with van der Waals surface area (Å²) in [5.74, 6) is 2.80. The molecule has 0 radical (unpaired) electrons. The van der Waals surface area contributed by atoms with Gasteiger partial charge in [0, 0.05) is 13.0 Å². The number of piperidine rings is 1. The number of hydrogen-bond donors (Lipinski definition) is 1. The highest BCUT2D eigenvalue weighted by Gasteiger charge is 2.27. The van der Waals surface area contributed by atoms with E-state index in [1.165, 1.54) is 12.8 Å². The van der Waals surface area contributed by atoms with E-state index < -0.39 is 0 Å². The van der Waals surface area contributed by atoms with E-state index in [-0.39, 0.29) is 12.0 Å². The zero-order valence-corrected chi connectivity index (χ0v) is 15.4. The van der Waals surface area contributed by atoms with E-state index in [0.717, 1.165) is 24.6 Å². The molecule has 1 aromatic rings. The predicted octanol–water partition coefficient (Wildman–Crippen LogP) is 2.70. The Balaban J connectivity index is 1.52. The summed E-state index contributed by atoms with van der Waals surface area (Å²) >= 11 is 0. The van der Waals surface area contributed by atoms with Gasteiger partial charge in [0.15, 0.2) is 17.6 Å². The lowest BCUT2D eigenvalue weighted by atomic mass is 9.85. The summed E-state index contributed by atoms with van der Waals surface area (Å²) < 4.78 is 11.8. The molecule has 3 rings (SSSR count). The molecule has 1 saturated heterocycles. The van der Waals surface area contributed by atoms with Crippen molar-refractivity contribution in [1.29, 1.82) is 0 Å². The molecule has 3 unspecified atom stereocenters. The van der Waals surface area contributed by atoms with Gasteiger partial charge in [0.2, 0.25) is 5.91 Å². The monoisotopic (exact) mass is 346 g/mol. The number of benzene rings is 1. The van der Waals surface area contributed by atoms with Crippen molar-refractivity contribution in [1.82, 2.24) is 10.2 Å². The van der Waals surface area contributed by atoms with Crippen molar-refractivity contribution in [2.24, 2.45) is 11.8 Å². The Bertz CT molecular complexity index is 572. The maximum atomic E-state index is 12.8. The Morgan fingerprint density at radius 2 is 2.16 bits per heavy atom. The first-order valence-electron chi connectivity index (χ1n) is 9.54. The van der Waals surface area contributed by atoms with E-state index in [1.54, 1.807) is 0 Å². The van der Waals surface area contributed by atoms with Crippen LogP contribution in [0.25, 0.3) is 0 Å². The summed E-state index contributed by atoms with van der Waals surface area (Å²) in [6.07, 6.45) is 2.95. The molecule has 0 saturated carbocycles. The fourth-order valence-corrected chi connectivity index (χ4v) is 3.74. The maximum absolute atomic E-state index is 12.8. The average molecular weight is 346 g/mol. The first-order chi connectivity index (χ1) is 12.2. The van der Waals surface area contributed by atoms with Crippen LogP contribution in [0.1, 0.15) is 33.1 Å². The van der Waals surface area contributed by atoms with Crippen LogP contribution in [0.15, 0.2) is 24.3 Å². The summed E-state index contributed by atoms with van der Waals surface area (Å²) in [7, 11) is 0. The van der Waals surface area contributed by atoms with E-state index in [9.17, 15) is 4.79 Å². The van der Waals surface area contributed by atoms with Gasteiger partial charge in [-0.1, -0.05) is 19.1 Å². The summed E-state index contributed by atoms with van der Waals surface area (Å²) in [6.45, 7) is 8.16. The molecule has 138 valence electrons. The highest BCUT2D eigenvalue weighted by molar-refractivity contribution is 5.76. The lowest BCUT2D eigenvalue weighted by molar-refractivity contribution is -0.133. The van der Waals surface area contributed by atoms with Crippen LogP contribution < -0.4 is 14.8 Å². The zero-order chi connectivity index (χ0) is 17.6. The van der Waals surface area contributed by atoms with Crippen molar-refractivity contribution in [2.75, 3.05) is 32.8 Å². The molecule has 2 aliphatic heterocycles. The molecule has 1 N–H and O–H groups in total. The number of para-hydroxylation sites is 2. The van der Waals surface area contributed by atoms with Gasteiger partial charge in [0.25, 0.3) is 0 Å². The standard InChI is InChI=1S/C20H30N2O3/c1-3-22(20(23)11-15(2)16-7-6-10-21-12-16)13-17-14-24-18-8-4-5-9-19(18)25-17/h4-5,8-9,15-17,21H,3,6-7,10-14H2,1-2H3. The Morgan fingerprint density at radius 3 is 2.88 bits per heavy atom. The molecule has 2 heterocycles. The molecule has 25 heavy (non-hydrogen) atoms. The molecule has 3 atom stereocenters. The molecule has 1 aromatic carbocycles. The molecule has 0 spiro atoms. The minimum atomic E-state index is -0.106. The number of carbonyl (C=O) groups is 1. The SMILES string of the molecule is CCN(CC1COc2ccccc2O1)C(=O)CC(C)C1CCCNC1. The number of amides is 1. The fraction of sp³-hybridized carbons (Fsp3) is 0.650. The second kappa shape index (κ2) is 8.56. The minimum absolute atomic E-state index is 0.106. The molecule has 2 aliphatic rings. The van der Waals surface area contributed by atoms with Gasteiger partial charge < -0.3 is 19.7 Å².